The first-order valence-corrected chi connectivity index (χ1v) is 8.69. The van der Waals surface area contributed by atoms with Crippen molar-refractivity contribution in [3.63, 3.8) is 0 Å². The molecule has 0 aromatic heterocycles. The maximum Gasteiger partial charge on any atom is 0.137 e. The van der Waals surface area contributed by atoms with Gasteiger partial charge < -0.3 is 4.90 Å². The number of hydrogen-bond acceptors (Lipinski definition) is 3. The van der Waals surface area contributed by atoms with Gasteiger partial charge in [0, 0.05) is 31.5 Å². The zero-order valence-electron chi connectivity index (χ0n) is 14.7. The monoisotopic (exact) mass is 294 g/mol. The lowest BCUT2D eigenvalue weighted by Gasteiger charge is -2.39. The maximum atomic E-state index is 12.3. The Morgan fingerprint density at radius 2 is 1.95 bits per heavy atom. The molecule has 21 heavy (non-hydrogen) atoms. The Morgan fingerprint density at radius 3 is 2.57 bits per heavy atom. The molecule has 1 heterocycles. The zero-order chi connectivity index (χ0) is 15.6. The summed E-state index contributed by atoms with van der Waals surface area (Å²) in [5, 5.41) is 0. The molecule has 3 atom stereocenters. The fourth-order valence-electron chi connectivity index (χ4n) is 4.12. The van der Waals surface area contributed by atoms with Gasteiger partial charge in [-0.3, -0.25) is 9.69 Å². The Kier molecular flexibility index (Phi) is 5.48. The molecule has 3 heteroatoms. The summed E-state index contributed by atoms with van der Waals surface area (Å²) in [5.41, 5.74) is 0.340. The van der Waals surface area contributed by atoms with E-state index in [4.69, 9.17) is 0 Å². The smallest absolute Gasteiger partial charge is 0.137 e. The lowest BCUT2D eigenvalue weighted by molar-refractivity contribution is -0.127. The molecule has 0 aromatic carbocycles. The summed E-state index contributed by atoms with van der Waals surface area (Å²) in [5.74, 6) is 1.51. The zero-order valence-corrected chi connectivity index (χ0v) is 14.7. The molecule has 1 saturated carbocycles. The molecule has 0 radical (unpaired) electrons. The summed E-state index contributed by atoms with van der Waals surface area (Å²) in [4.78, 5) is 17.2. The van der Waals surface area contributed by atoms with Crippen molar-refractivity contribution in [2.45, 2.75) is 58.9 Å². The van der Waals surface area contributed by atoms with Gasteiger partial charge in [-0.2, -0.15) is 0 Å². The topological polar surface area (TPSA) is 23.6 Å². The summed E-state index contributed by atoms with van der Waals surface area (Å²) in [7, 11) is 4.30. The largest absolute Gasteiger partial charge is 0.308 e. The van der Waals surface area contributed by atoms with E-state index < -0.39 is 0 Å². The van der Waals surface area contributed by atoms with Crippen LogP contribution in [0, 0.1) is 17.3 Å². The summed E-state index contributed by atoms with van der Waals surface area (Å²) in [6.07, 6.45) is 5.59. The fraction of sp³-hybridized carbons (Fsp3) is 0.944. The van der Waals surface area contributed by atoms with Crippen molar-refractivity contribution in [1.29, 1.82) is 0 Å². The number of carbonyl (C=O) groups excluding carboxylic acids is 1. The van der Waals surface area contributed by atoms with Crippen molar-refractivity contribution in [2.24, 2.45) is 17.3 Å². The van der Waals surface area contributed by atoms with Gasteiger partial charge in [0.15, 0.2) is 0 Å². The number of nitrogens with zero attached hydrogens (tertiary/aromatic N) is 2. The van der Waals surface area contributed by atoms with E-state index in [2.05, 4.69) is 44.7 Å². The van der Waals surface area contributed by atoms with Crippen LogP contribution >= 0.6 is 0 Å². The minimum Gasteiger partial charge on any atom is -0.308 e. The van der Waals surface area contributed by atoms with Gasteiger partial charge in [-0.1, -0.05) is 20.8 Å². The Hall–Kier alpha value is -0.410. The second-order valence-electron chi connectivity index (χ2n) is 8.55. The third-order valence-corrected chi connectivity index (χ3v) is 5.52. The predicted molar refractivity (Wildman–Crippen MR) is 88.4 cm³/mol. The van der Waals surface area contributed by atoms with E-state index in [1.165, 1.54) is 19.4 Å². The molecule has 0 N–H and O–H groups in total. The number of ketones is 1. The molecule has 0 bridgehead atoms. The molecule has 1 aliphatic carbocycles. The lowest BCUT2D eigenvalue weighted by atomic mass is 9.68. The van der Waals surface area contributed by atoms with Crippen molar-refractivity contribution < 1.29 is 4.79 Å². The predicted octanol–water partition coefficient (Wildman–Crippen LogP) is 3.04. The van der Waals surface area contributed by atoms with Gasteiger partial charge >= 0.3 is 0 Å². The van der Waals surface area contributed by atoms with Crippen molar-refractivity contribution in [3.05, 3.63) is 0 Å². The molecule has 0 aromatic rings. The highest BCUT2D eigenvalue weighted by Crippen LogP contribution is 2.39. The quantitative estimate of drug-likeness (QED) is 0.796. The second kappa shape index (κ2) is 6.78. The van der Waals surface area contributed by atoms with Crippen molar-refractivity contribution >= 4 is 5.78 Å². The summed E-state index contributed by atoms with van der Waals surface area (Å²) in [6.45, 7) is 10.3. The van der Waals surface area contributed by atoms with Gasteiger partial charge in [-0.05, 0) is 57.7 Å². The molecule has 3 unspecified atom stereocenters. The molecule has 1 aliphatic heterocycles. The lowest BCUT2D eigenvalue weighted by Crippen LogP contribution is -2.43. The Morgan fingerprint density at radius 1 is 1.24 bits per heavy atom. The van der Waals surface area contributed by atoms with Crippen LogP contribution in [0.5, 0.6) is 0 Å². The van der Waals surface area contributed by atoms with Gasteiger partial charge in [0.2, 0.25) is 0 Å². The highest BCUT2D eigenvalue weighted by molar-refractivity contribution is 5.82. The normalized spacial score (nSPS) is 32.1. The fourth-order valence-corrected chi connectivity index (χ4v) is 4.12. The second-order valence-corrected chi connectivity index (χ2v) is 8.55. The third-order valence-electron chi connectivity index (χ3n) is 5.52. The van der Waals surface area contributed by atoms with Crippen molar-refractivity contribution in [2.75, 3.05) is 33.7 Å². The van der Waals surface area contributed by atoms with E-state index in [9.17, 15) is 4.79 Å². The summed E-state index contributed by atoms with van der Waals surface area (Å²) >= 11 is 0. The molecule has 1 saturated heterocycles. The van der Waals surface area contributed by atoms with Crippen LogP contribution in [0.15, 0.2) is 0 Å². The third kappa shape index (κ3) is 4.53. The van der Waals surface area contributed by atoms with Crippen LogP contribution in [0.25, 0.3) is 0 Å². The minimum absolute atomic E-state index is 0.283. The van der Waals surface area contributed by atoms with Crippen LogP contribution in [-0.2, 0) is 4.79 Å². The van der Waals surface area contributed by atoms with E-state index in [1.54, 1.807) is 0 Å². The summed E-state index contributed by atoms with van der Waals surface area (Å²) < 4.78 is 0. The van der Waals surface area contributed by atoms with Crippen LogP contribution in [0.2, 0.25) is 0 Å². The van der Waals surface area contributed by atoms with Crippen molar-refractivity contribution in [3.8, 4) is 0 Å². The minimum atomic E-state index is 0.283. The highest BCUT2D eigenvalue weighted by Gasteiger charge is 2.37. The number of carbonyl (C=O) groups is 1. The molecule has 3 nitrogen and oxygen atoms in total. The Bertz CT molecular complexity index is 359. The summed E-state index contributed by atoms with van der Waals surface area (Å²) in [6, 6.07) is 0.655. The van der Waals surface area contributed by atoms with Gasteiger partial charge in [0.05, 0.1) is 0 Å². The van der Waals surface area contributed by atoms with Crippen LogP contribution < -0.4 is 0 Å². The number of likely N-dealkylation sites (N-methyl/N-ethyl adjacent to an activating group) is 1. The van der Waals surface area contributed by atoms with Gasteiger partial charge in [-0.25, -0.2) is 0 Å². The average molecular weight is 294 g/mol. The standard InChI is InChI=1S/C18H34N2O/c1-18(2,3)15-8-9-17(21)14(11-15)12-20-10-6-7-16(20)13-19(4)5/h14-16H,6-13H2,1-5H3. The van der Waals surface area contributed by atoms with Gasteiger partial charge in [-0.15, -0.1) is 0 Å². The van der Waals surface area contributed by atoms with E-state index >= 15 is 0 Å². The number of likely N-dealkylation sites (tertiary alicyclic amines) is 1. The molecule has 2 aliphatic rings. The molecule has 122 valence electrons. The first-order valence-electron chi connectivity index (χ1n) is 8.69. The first kappa shape index (κ1) is 17.0. The molecule has 2 rings (SSSR count). The van der Waals surface area contributed by atoms with Gasteiger partial charge in [0.1, 0.15) is 5.78 Å². The number of rotatable bonds is 4. The molecule has 0 amide bonds. The molecular weight excluding hydrogens is 260 g/mol. The maximum absolute atomic E-state index is 12.3. The van der Waals surface area contributed by atoms with E-state index in [0.717, 1.165) is 32.4 Å². The Labute approximate surface area is 131 Å². The highest BCUT2D eigenvalue weighted by atomic mass is 16.1. The van der Waals surface area contributed by atoms with E-state index in [1.807, 2.05) is 0 Å². The van der Waals surface area contributed by atoms with Crippen LogP contribution in [-0.4, -0.2) is 55.4 Å². The molecule has 0 spiro atoms. The number of hydrogen-bond donors (Lipinski definition) is 0. The number of Topliss-reactive ketones (excluding diaryl/α,β-unsaturated/α-hetero) is 1. The molecular formula is C18H34N2O. The van der Waals surface area contributed by atoms with Gasteiger partial charge in [0.25, 0.3) is 0 Å². The molecule has 2 fully saturated rings. The average Bonchev–Trinajstić information content (AvgIpc) is 2.77. The van der Waals surface area contributed by atoms with E-state index in [-0.39, 0.29) is 5.92 Å². The first-order chi connectivity index (χ1) is 9.77. The van der Waals surface area contributed by atoms with Crippen LogP contribution in [0.4, 0.5) is 0 Å². The van der Waals surface area contributed by atoms with Crippen LogP contribution in [0.3, 0.4) is 0 Å². The van der Waals surface area contributed by atoms with Crippen LogP contribution in [0.1, 0.15) is 52.9 Å². The van der Waals surface area contributed by atoms with E-state index in [0.29, 0.717) is 23.2 Å². The van der Waals surface area contributed by atoms with Crippen molar-refractivity contribution in [1.82, 2.24) is 9.80 Å². The Balaban J connectivity index is 1.95. The SMILES string of the molecule is CN(C)CC1CCCN1CC1CC(C(C)(C)C)CCC1=O.